The largest absolute Gasteiger partial charge is 0.484 e. The molecule has 0 atom stereocenters. The first kappa shape index (κ1) is 14.8. The van der Waals surface area contributed by atoms with Gasteiger partial charge in [-0.25, -0.2) is 0 Å². The van der Waals surface area contributed by atoms with Crippen LogP contribution in [0.2, 0.25) is 0 Å². The van der Waals surface area contributed by atoms with Crippen LogP contribution in [0.3, 0.4) is 0 Å². The second kappa shape index (κ2) is 7.87. The van der Waals surface area contributed by atoms with E-state index in [9.17, 15) is 4.79 Å². The Morgan fingerprint density at radius 1 is 1.30 bits per heavy atom. The van der Waals surface area contributed by atoms with E-state index in [1.54, 1.807) is 0 Å². The molecule has 3 N–H and O–H groups in total. The molecule has 0 bridgehead atoms. The summed E-state index contributed by atoms with van der Waals surface area (Å²) in [6, 6.07) is 9.65. The molecule has 5 nitrogen and oxygen atoms in total. The maximum Gasteiger partial charge on any atom is 0.258 e. The zero-order valence-corrected chi connectivity index (χ0v) is 11.8. The van der Waals surface area contributed by atoms with Gasteiger partial charge in [-0.05, 0) is 25.0 Å². The molecule has 0 saturated carbocycles. The Labute approximate surface area is 120 Å². The van der Waals surface area contributed by atoms with Crippen LogP contribution >= 0.6 is 0 Å². The smallest absolute Gasteiger partial charge is 0.258 e. The van der Waals surface area contributed by atoms with Gasteiger partial charge in [-0.2, -0.15) is 0 Å². The molecule has 5 heteroatoms. The molecule has 20 heavy (non-hydrogen) atoms. The number of nitrogens with one attached hydrogen (secondary N) is 1. The lowest BCUT2D eigenvalue weighted by Crippen LogP contribution is -2.46. The van der Waals surface area contributed by atoms with E-state index in [1.807, 2.05) is 30.3 Å². The topological polar surface area (TPSA) is 67.6 Å². The number of hydrogen-bond donors (Lipinski definition) is 2. The van der Waals surface area contributed by atoms with Crippen molar-refractivity contribution in [1.29, 1.82) is 0 Å². The van der Waals surface area contributed by atoms with E-state index in [0.717, 1.165) is 38.2 Å². The van der Waals surface area contributed by atoms with E-state index in [0.29, 0.717) is 6.54 Å². The average molecular weight is 277 g/mol. The molecule has 1 aliphatic heterocycles. The molecule has 2 rings (SSSR count). The molecule has 0 radical (unpaired) electrons. The first-order valence-corrected chi connectivity index (χ1v) is 7.17. The number of ether oxygens (including phenoxy) is 1. The van der Waals surface area contributed by atoms with Crippen LogP contribution < -0.4 is 15.8 Å². The standard InChI is InChI=1S/C15H23N3O2/c16-8-11-18-9-6-13(7-10-18)17-15(19)12-20-14-4-2-1-3-5-14/h1-5,13H,6-12,16H2,(H,17,19). The number of para-hydroxylation sites is 1. The van der Waals surface area contributed by atoms with Crippen LogP contribution in [0.5, 0.6) is 5.75 Å². The fourth-order valence-corrected chi connectivity index (χ4v) is 2.42. The summed E-state index contributed by atoms with van der Waals surface area (Å²) < 4.78 is 5.43. The Morgan fingerprint density at radius 2 is 2.00 bits per heavy atom. The molecule has 1 amide bonds. The SMILES string of the molecule is NCCN1CCC(NC(=O)COc2ccccc2)CC1. The average Bonchev–Trinajstić information content (AvgIpc) is 2.49. The van der Waals surface area contributed by atoms with Crippen molar-refractivity contribution >= 4 is 5.91 Å². The van der Waals surface area contributed by atoms with Crippen molar-refractivity contribution in [2.45, 2.75) is 18.9 Å². The maximum absolute atomic E-state index is 11.8. The first-order valence-electron chi connectivity index (χ1n) is 7.17. The van der Waals surface area contributed by atoms with Gasteiger partial charge < -0.3 is 20.7 Å². The van der Waals surface area contributed by atoms with Crippen LogP contribution in [0.15, 0.2) is 30.3 Å². The quantitative estimate of drug-likeness (QED) is 0.799. The monoisotopic (exact) mass is 277 g/mol. The number of likely N-dealkylation sites (tertiary alicyclic amines) is 1. The maximum atomic E-state index is 11.8. The Bertz CT molecular complexity index is 403. The van der Waals surface area contributed by atoms with Crippen LogP contribution in [-0.4, -0.2) is 49.6 Å². The number of benzene rings is 1. The Kier molecular flexibility index (Phi) is 5.83. The van der Waals surface area contributed by atoms with Gasteiger partial charge in [-0.3, -0.25) is 4.79 Å². The predicted octanol–water partition coefficient (Wildman–Crippen LogP) is 0.605. The van der Waals surface area contributed by atoms with Gasteiger partial charge in [-0.15, -0.1) is 0 Å². The van der Waals surface area contributed by atoms with Gasteiger partial charge in [0.05, 0.1) is 0 Å². The molecule has 0 aliphatic carbocycles. The lowest BCUT2D eigenvalue weighted by atomic mass is 10.1. The number of carbonyl (C=O) groups is 1. The van der Waals surface area contributed by atoms with Gasteiger partial charge >= 0.3 is 0 Å². The van der Waals surface area contributed by atoms with Crippen molar-refractivity contribution < 1.29 is 9.53 Å². The summed E-state index contributed by atoms with van der Waals surface area (Å²) in [5, 5.41) is 3.03. The third kappa shape index (κ3) is 4.83. The van der Waals surface area contributed by atoms with E-state index >= 15 is 0 Å². The predicted molar refractivity (Wildman–Crippen MR) is 78.6 cm³/mol. The fraction of sp³-hybridized carbons (Fsp3) is 0.533. The van der Waals surface area contributed by atoms with Crippen molar-refractivity contribution in [3.63, 3.8) is 0 Å². The summed E-state index contributed by atoms with van der Waals surface area (Å²) in [6.45, 7) is 3.72. The minimum absolute atomic E-state index is 0.0499. The third-order valence-electron chi connectivity index (χ3n) is 3.51. The summed E-state index contributed by atoms with van der Waals surface area (Å²) in [5.74, 6) is 0.673. The zero-order valence-electron chi connectivity index (χ0n) is 11.8. The number of carbonyl (C=O) groups excluding carboxylic acids is 1. The minimum Gasteiger partial charge on any atom is -0.484 e. The van der Waals surface area contributed by atoms with Crippen molar-refractivity contribution in [2.24, 2.45) is 5.73 Å². The number of nitrogens with zero attached hydrogens (tertiary/aromatic N) is 1. The van der Waals surface area contributed by atoms with E-state index < -0.39 is 0 Å². The molecule has 1 fully saturated rings. The van der Waals surface area contributed by atoms with Crippen LogP contribution in [-0.2, 0) is 4.79 Å². The number of piperidine rings is 1. The van der Waals surface area contributed by atoms with E-state index in [2.05, 4.69) is 10.2 Å². The molecule has 0 spiro atoms. The first-order chi connectivity index (χ1) is 9.78. The molecule has 1 aromatic carbocycles. The number of rotatable bonds is 6. The molecule has 110 valence electrons. The van der Waals surface area contributed by atoms with Crippen molar-refractivity contribution in [3.05, 3.63) is 30.3 Å². The second-order valence-corrected chi connectivity index (χ2v) is 5.07. The van der Waals surface area contributed by atoms with Gasteiger partial charge in [0.25, 0.3) is 5.91 Å². The lowest BCUT2D eigenvalue weighted by Gasteiger charge is -2.31. The van der Waals surface area contributed by atoms with Gasteiger partial charge in [-0.1, -0.05) is 18.2 Å². The lowest BCUT2D eigenvalue weighted by molar-refractivity contribution is -0.124. The second-order valence-electron chi connectivity index (χ2n) is 5.07. The highest BCUT2D eigenvalue weighted by molar-refractivity contribution is 5.77. The normalized spacial score (nSPS) is 16.9. The number of hydrogen-bond acceptors (Lipinski definition) is 4. The summed E-state index contributed by atoms with van der Waals surface area (Å²) in [4.78, 5) is 14.2. The summed E-state index contributed by atoms with van der Waals surface area (Å²) in [7, 11) is 0. The van der Waals surface area contributed by atoms with Crippen molar-refractivity contribution in [1.82, 2.24) is 10.2 Å². The Morgan fingerprint density at radius 3 is 2.65 bits per heavy atom. The summed E-state index contributed by atoms with van der Waals surface area (Å²) in [5.41, 5.74) is 5.54. The van der Waals surface area contributed by atoms with Gasteiger partial charge in [0.1, 0.15) is 5.75 Å². The molecular weight excluding hydrogens is 254 g/mol. The van der Waals surface area contributed by atoms with E-state index in [1.165, 1.54) is 0 Å². The summed E-state index contributed by atoms with van der Waals surface area (Å²) >= 11 is 0. The fourth-order valence-electron chi connectivity index (χ4n) is 2.42. The summed E-state index contributed by atoms with van der Waals surface area (Å²) in [6.07, 6.45) is 1.97. The number of nitrogens with two attached hydrogens (primary N) is 1. The Balaban J connectivity index is 1.65. The molecule has 1 heterocycles. The van der Waals surface area contributed by atoms with E-state index in [-0.39, 0.29) is 18.6 Å². The van der Waals surface area contributed by atoms with Gasteiger partial charge in [0.2, 0.25) is 0 Å². The van der Waals surface area contributed by atoms with Crippen LogP contribution in [0, 0.1) is 0 Å². The van der Waals surface area contributed by atoms with E-state index in [4.69, 9.17) is 10.5 Å². The van der Waals surface area contributed by atoms with Gasteiger partial charge in [0.15, 0.2) is 6.61 Å². The Hall–Kier alpha value is -1.59. The van der Waals surface area contributed by atoms with Crippen LogP contribution in [0.4, 0.5) is 0 Å². The van der Waals surface area contributed by atoms with Crippen molar-refractivity contribution in [3.8, 4) is 5.75 Å². The van der Waals surface area contributed by atoms with Crippen LogP contribution in [0.1, 0.15) is 12.8 Å². The molecule has 1 saturated heterocycles. The zero-order chi connectivity index (χ0) is 14.2. The third-order valence-corrected chi connectivity index (χ3v) is 3.51. The molecular formula is C15H23N3O2. The molecule has 0 aromatic heterocycles. The highest BCUT2D eigenvalue weighted by Gasteiger charge is 2.20. The molecule has 1 aromatic rings. The highest BCUT2D eigenvalue weighted by Crippen LogP contribution is 2.10. The number of amides is 1. The molecule has 0 unspecified atom stereocenters. The van der Waals surface area contributed by atoms with Crippen LogP contribution in [0.25, 0.3) is 0 Å². The van der Waals surface area contributed by atoms with Crippen molar-refractivity contribution in [2.75, 3.05) is 32.8 Å². The highest BCUT2D eigenvalue weighted by atomic mass is 16.5. The minimum atomic E-state index is -0.0499. The molecule has 1 aliphatic rings. The van der Waals surface area contributed by atoms with Gasteiger partial charge in [0, 0.05) is 32.2 Å².